The highest BCUT2D eigenvalue weighted by molar-refractivity contribution is 7.90. The predicted molar refractivity (Wildman–Crippen MR) is 101 cm³/mol. The standard InChI is InChI=1S/C16H24N6O3S/c1-12-10-13(2)22(19-12)9-8-17-16(23)18-14-6-5-7-15(11-14)20-26(24,25)21(3)4/h5-7,10-11,20H,8-9H2,1-4H3,(H2,17,18,23). The van der Waals surface area contributed by atoms with Crippen molar-refractivity contribution in [1.82, 2.24) is 19.4 Å². The van der Waals surface area contributed by atoms with Crippen LogP contribution >= 0.6 is 0 Å². The van der Waals surface area contributed by atoms with E-state index in [4.69, 9.17) is 0 Å². The third-order valence-corrected chi connectivity index (χ3v) is 5.02. The number of hydrogen-bond donors (Lipinski definition) is 3. The van der Waals surface area contributed by atoms with Crippen LogP contribution in [0, 0.1) is 13.8 Å². The van der Waals surface area contributed by atoms with Crippen molar-refractivity contribution < 1.29 is 13.2 Å². The van der Waals surface area contributed by atoms with Gasteiger partial charge in [0.05, 0.1) is 17.9 Å². The van der Waals surface area contributed by atoms with Gasteiger partial charge in [0.25, 0.3) is 0 Å². The summed E-state index contributed by atoms with van der Waals surface area (Å²) in [5.74, 6) is 0. The van der Waals surface area contributed by atoms with E-state index in [-0.39, 0.29) is 6.03 Å². The second-order valence-electron chi connectivity index (χ2n) is 6.00. The summed E-state index contributed by atoms with van der Waals surface area (Å²) in [5, 5.41) is 9.75. The lowest BCUT2D eigenvalue weighted by Gasteiger charge is -2.14. The number of hydrogen-bond acceptors (Lipinski definition) is 4. The van der Waals surface area contributed by atoms with Gasteiger partial charge in [0.1, 0.15) is 0 Å². The maximum absolute atomic E-state index is 12.0. The molecule has 0 fully saturated rings. The molecule has 0 spiro atoms. The Balaban J connectivity index is 1.89. The van der Waals surface area contributed by atoms with Crippen molar-refractivity contribution in [3.05, 3.63) is 41.7 Å². The molecule has 1 heterocycles. The van der Waals surface area contributed by atoms with Crippen molar-refractivity contribution in [3.63, 3.8) is 0 Å². The van der Waals surface area contributed by atoms with Crippen molar-refractivity contribution in [3.8, 4) is 0 Å². The number of carbonyl (C=O) groups is 1. The number of anilines is 2. The molecule has 2 rings (SSSR count). The Kier molecular flexibility index (Phi) is 6.22. The summed E-state index contributed by atoms with van der Waals surface area (Å²) in [5.41, 5.74) is 2.81. The third-order valence-electron chi connectivity index (χ3n) is 3.56. The lowest BCUT2D eigenvalue weighted by Crippen LogP contribution is -2.32. The molecule has 0 saturated carbocycles. The number of aromatic nitrogens is 2. The third kappa shape index (κ3) is 5.46. The van der Waals surface area contributed by atoms with Gasteiger partial charge >= 0.3 is 16.2 Å². The summed E-state index contributed by atoms with van der Waals surface area (Å²) in [7, 11) is -0.736. The zero-order chi connectivity index (χ0) is 19.3. The molecule has 9 nitrogen and oxygen atoms in total. The SMILES string of the molecule is Cc1cc(C)n(CCNC(=O)Nc2cccc(NS(=O)(=O)N(C)C)c2)n1. The number of aryl methyl sites for hydroxylation is 2. The van der Waals surface area contributed by atoms with Gasteiger partial charge in [-0.25, -0.2) is 4.79 Å². The molecule has 142 valence electrons. The lowest BCUT2D eigenvalue weighted by molar-refractivity contribution is 0.251. The Morgan fingerprint density at radius 2 is 1.88 bits per heavy atom. The van der Waals surface area contributed by atoms with E-state index >= 15 is 0 Å². The van der Waals surface area contributed by atoms with E-state index in [1.54, 1.807) is 24.3 Å². The summed E-state index contributed by atoms with van der Waals surface area (Å²) in [6.45, 7) is 4.86. The van der Waals surface area contributed by atoms with E-state index in [0.717, 1.165) is 15.7 Å². The van der Waals surface area contributed by atoms with Crippen LogP contribution in [0.5, 0.6) is 0 Å². The van der Waals surface area contributed by atoms with Gasteiger partial charge in [0, 0.05) is 32.0 Å². The first-order chi connectivity index (χ1) is 12.2. The van der Waals surface area contributed by atoms with Crippen molar-refractivity contribution in [2.75, 3.05) is 30.7 Å². The second-order valence-corrected chi connectivity index (χ2v) is 7.89. The van der Waals surface area contributed by atoms with Crippen LogP contribution in [0.4, 0.5) is 16.2 Å². The molecule has 0 unspecified atom stereocenters. The Morgan fingerprint density at radius 3 is 2.50 bits per heavy atom. The first kappa shape index (κ1) is 19.7. The summed E-state index contributed by atoms with van der Waals surface area (Å²) < 4.78 is 29.0. The van der Waals surface area contributed by atoms with E-state index in [9.17, 15) is 13.2 Å². The van der Waals surface area contributed by atoms with E-state index < -0.39 is 10.2 Å². The average Bonchev–Trinajstić information content (AvgIpc) is 2.84. The molecule has 0 aliphatic rings. The molecule has 0 aliphatic carbocycles. The minimum Gasteiger partial charge on any atom is -0.336 e. The summed E-state index contributed by atoms with van der Waals surface area (Å²) in [6, 6.07) is 8.07. The largest absolute Gasteiger partial charge is 0.336 e. The van der Waals surface area contributed by atoms with Crippen LogP contribution in [-0.4, -0.2) is 49.2 Å². The molecule has 0 aliphatic heterocycles. The van der Waals surface area contributed by atoms with Gasteiger partial charge in [-0.3, -0.25) is 9.40 Å². The molecule has 10 heteroatoms. The van der Waals surface area contributed by atoms with Crippen LogP contribution in [0.3, 0.4) is 0 Å². The summed E-state index contributed by atoms with van der Waals surface area (Å²) >= 11 is 0. The molecule has 26 heavy (non-hydrogen) atoms. The maximum atomic E-state index is 12.0. The van der Waals surface area contributed by atoms with Crippen molar-refractivity contribution in [2.45, 2.75) is 20.4 Å². The monoisotopic (exact) mass is 380 g/mol. The van der Waals surface area contributed by atoms with E-state index in [0.29, 0.717) is 24.5 Å². The van der Waals surface area contributed by atoms with Crippen LogP contribution in [0.2, 0.25) is 0 Å². The van der Waals surface area contributed by atoms with Gasteiger partial charge in [0.15, 0.2) is 0 Å². The number of benzene rings is 1. The fraction of sp³-hybridized carbons (Fsp3) is 0.375. The zero-order valence-electron chi connectivity index (χ0n) is 15.3. The summed E-state index contributed by atoms with van der Waals surface area (Å²) in [4.78, 5) is 12.0. The van der Waals surface area contributed by atoms with Gasteiger partial charge in [-0.05, 0) is 38.1 Å². The molecule has 0 bridgehead atoms. The highest BCUT2D eigenvalue weighted by atomic mass is 32.2. The Bertz CT molecular complexity index is 876. The van der Waals surface area contributed by atoms with Gasteiger partial charge in [-0.1, -0.05) is 6.07 Å². The molecule has 3 N–H and O–H groups in total. The van der Waals surface area contributed by atoms with Gasteiger partial charge < -0.3 is 10.6 Å². The minimum atomic E-state index is -3.60. The summed E-state index contributed by atoms with van der Waals surface area (Å²) in [6.07, 6.45) is 0. The Morgan fingerprint density at radius 1 is 1.19 bits per heavy atom. The molecule has 1 aromatic carbocycles. The van der Waals surface area contributed by atoms with Crippen LogP contribution in [0.15, 0.2) is 30.3 Å². The molecule has 2 aromatic rings. The van der Waals surface area contributed by atoms with E-state index in [1.807, 2.05) is 24.6 Å². The number of amides is 2. The number of nitrogens with zero attached hydrogens (tertiary/aromatic N) is 3. The minimum absolute atomic E-state index is 0.360. The smallest absolute Gasteiger partial charge is 0.319 e. The number of carbonyl (C=O) groups excluding carboxylic acids is 1. The van der Waals surface area contributed by atoms with Crippen LogP contribution < -0.4 is 15.4 Å². The highest BCUT2D eigenvalue weighted by Gasteiger charge is 2.13. The van der Waals surface area contributed by atoms with Gasteiger partial charge in [-0.15, -0.1) is 0 Å². The fourth-order valence-corrected chi connectivity index (χ4v) is 2.86. The molecule has 0 atom stereocenters. The predicted octanol–water partition coefficient (Wildman–Crippen LogP) is 1.54. The van der Waals surface area contributed by atoms with Crippen molar-refractivity contribution in [1.29, 1.82) is 0 Å². The average molecular weight is 380 g/mol. The first-order valence-electron chi connectivity index (χ1n) is 8.03. The van der Waals surface area contributed by atoms with Crippen molar-refractivity contribution in [2.24, 2.45) is 0 Å². The number of urea groups is 1. The molecule has 2 amide bonds. The molecule has 0 saturated heterocycles. The molecular weight excluding hydrogens is 356 g/mol. The normalized spacial score (nSPS) is 11.4. The number of nitrogens with one attached hydrogen (secondary N) is 3. The lowest BCUT2D eigenvalue weighted by atomic mass is 10.3. The van der Waals surface area contributed by atoms with Crippen LogP contribution in [-0.2, 0) is 16.8 Å². The van der Waals surface area contributed by atoms with Crippen LogP contribution in [0.25, 0.3) is 0 Å². The number of rotatable bonds is 7. The second kappa shape index (κ2) is 8.19. The quantitative estimate of drug-likeness (QED) is 0.677. The fourth-order valence-electron chi connectivity index (χ4n) is 2.25. The van der Waals surface area contributed by atoms with Gasteiger partial charge in [-0.2, -0.15) is 17.8 Å². The molecule has 1 aromatic heterocycles. The Hall–Kier alpha value is -2.59. The molecular formula is C16H24N6O3S. The topological polar surface area (TPSA) is 108 Å². The van der Waals surface area contributed by atoms with E-state index in [1.165, 1.54) is 14.1 Å². The first-order valence-corrected chi connectivity index (χ1v) is 9.47. The molecule has 0 radical (unpaired) electrons. The maximum Gasteiger partial charge on any atom is 0.319 e. The van der Waals surface area contributed by atoms with Crippen LogP contribution in [0.1, 0.15) is 11.4 Å². The Labute approximate surface area is 153 Å². The van der Waals surface area contributed by atoms with Gasteiger partial charge in [0.2, 0.25) is 0 Å². The zero-order valence-corrected chi connectivity index (χ0v) is 16.1. The van der Waals surface area contributed by atoms with E-state index in [2.05, 4.69) is 20.5 Å². The van der Waals surface area contributed by atoms with Crippen molar-refractivity contribution >= 4 is 27.6 Å². The highest BCUT2D eigenvalue weighted by Crippen LogP contribution is 2.16.